The first-order valence-corrected chi connectivity index (χ1v) is 10.4. The number of methoxy groups -OCH3 is 1. The number of furan rings is 1. The largest absolute Gasteiger partial charge is 0.459 e. The summed E-state index contributed by atoms with van der Waals surface area (Å²) in [5.74, 6) is 2.68. The van der Waals surface area contributed by atoms with Gasteiger partial charge in [-0.2, -0.15) is 5.10 Å². The maximum atomic E-state index is 12.0. The van der Waals surface area contributed by atoms with E-state index in [0.29, 0.717) is 25.5 Å². The van der Waals surface area contributed by atoms with Crippen molar-refractivity contribution in [1.82, 2.24) is 30.7 Å². The monoisotopic (exact) mass is 417 g/mol. The smallest absolute Gasteiger partial charge is 0.287 e. The van der Waals surface area contributed by atoms with Crippen molar-refractivity contribution in [3.05, 3.63) is 35.3 Å². The molecule has 0 radical (unpaired) electrons. The Hall–Kier alpha value is -2.88. The summed E-state index contributed by atoms with van der Waals surface area (Å²) in [4.78, 5) is 21.2. The average molecular weight is 418 g/mol. The zero-order chi connectivity index (χ0) is 21.3. The second kappa shape index (κ2) is 10.8. The van der Waals surface area contributed by atoms with E-state index in [1.807, 2.05) is 18.5 Å². The third-order valence-corrected chi connectivity index (χ3v) is 4.82. The molecule has 0 saturated carbocycles. The van der Waals surface area contributed by atoms with Crippen molar-refractivity contribution >= 4 is 11.9 Å². The lowest BCUT2D eigenvalue weighted by atomic mass is 10.1. The van der Waals surface area contributed by atoms with Crippen molar-refractivity contribution in [2.75, 3.05) is 26.7 Å². The lowest BCUT2D eigenvalue weighted by molar-refractivity contribution is 0.0925. The summed E-state index contributed by atoms with van der Waals surface area (Å²) in [7, 11) is 1.65. The van der Waals surface area contributed by atoms with Crippen molar-refractivity contribution in [2.45, 2.75) is 52.3 Å². The SMILES string of the molecule is CCNC(=NCCCNC(=O)c1occc1C)NC1CCc2nc(COC)nn2C1. The Morgan fingerprint density at radius 3 is 3.03 bits per heavy atom. The topological polar surface area (TPSA) is 119 Å². The highest BCUT2D eigenvalue weighted by Gasteiger charge is 2.22. The van der Waals surface area contributed by atoms with Crippen LogP contribution < -0.4 is 16.0 Å². The molecule has 10 heteroatoms. The zero-order valence-electron chi connectivity index (χ0n) is 17.9. The molecule has 1 aliphatic rings. The maximum Gasteiger partial charge on any atom is 0.287 e. The summed E-state index contributed by atoms with van der Waals surface area (Å²) in [5.41, 5.74) is 0.835. The number of amides is 1. The molecule has 3 N–H and O–H groups in total. The number of guanidine groups is 1. The number of carbonyl (C=O) groups is 1. The van der Waals surface area contributed by atoms with E-state index in [0.717, 1.165) is 55.5 Å². The number of fused-ring (bicyclic) bond motifs is 1. The molecule has 0 aromatic carbocycles. The van der Waals surface area contributed by atoms with Crippen LogP contribution in [0.4, 0.5) is 0 Å². The molecule has 0 saturated heterocycles. The molecule has 3 heterocycles. The van der Waals surface area contributed by atoms with E-state index in [-0.39, 0.29) is 11.9 Å². The first kappa shape index (κ1) is 21.8. The van der Waals surface area contributed by atoms with Crippen molar-refractivity contribution in [1.29, 1.82) is 0 Å². The molecule has 1 aliphatic heterocycles. The Bertz CT molecular complexity index is 858. The summed E-state index contributed by atoms with van der Waals surface area (Å²) in [6.45, 7) is 6.98. The Kier molecular flexibility index (Phi) is 7.83. The highest BCUT2D eigenvalue weighted by Crippen LogP contribution is 2.13. The molecular formula is C20H31N7O3. The Balaban J connectivity index is 1.45. The number of carbonyl (C=O) groups excluding carboxylic acids is 1. The average Bonchev–Trinajstić information content (AvgIpc) is 3.33. The third-order valence-electron chi connectivity index (χ3n) is 4.82. The molecule has 1 unspecified atom stereocenters. The van der Waals surface area contributed by atoms with Gasteiger partial charge in [0.25, 0.3) is 5.91 Å². The molecule has 0 aliphatic carbocycles. The molecule has 0 bridgehead atoms. The van der Waals surface area contributed by atoms with Crippen LogP contribution in [0.3, 0.4) is 0 Å². The lowest BCUT2D eigenvalue weighted by Crippen LogP contribution is -2.47. The van der Waals surface area contributed by atoms with Gasteiger partial charge in [-0.05, 0) is 32.8 Å². The summed E-state index contributed by atoms with van der Waals surface area (Å²) in [6.07, 6.45) is 4.09. The van der Waals surface area contributed by atoms with Crippen LogP contribution in [0.5, 0.6) is 0 Å². The highest BCUT2D eigenvalue weighted by molar-refractivity contribution is 5.92. The van der Waals surface area contributed by atoms with Crippen molar-refractivity contribution in [3.8, 4) is 0 Å². The Labute approximate surface area is 176 Å². The highest BCUT2D eigenvalue weighted by atomic mass is 16.5. The normalized spacial score (nSPS) is 16.2. The number of aromatic nitrogens is 3. The van der Waals surface area contributed by atoms with Crippen LogP contribution >= 0.6 is 0 Å². The van der Waals surface area contributed by atoms with E-state index >= 15 is 0 Å². The molecule has 3 rings (SSSR count). The van der Waals surface area contributed by atoms with Crippen LogP contribution in [0.2, 0.25) is 0 Å². The predicted molar refractivity (Wildman–Crippen MR) is 112 cm³/mol. The van der Waals surface area contributed by atoms with E-state index < -0.39 is 0 Å². The minimum atomic E-state index is -0.190. The number of hydrogen-bond acceptors (Lipinski definition) is 6. The van der Waals surface area contributed by atoms with Gasteiger partial charge in [-0.3, -0.25) is 9.79 Å². The molecular weight excluding hydrogens is 386 g/mol. The van der Waals surface area contributed by atoms with Crippen LogP contribution in [-0.2, 0) is 24.3 Å². The van der Waals surface area contributed by atoms with Crippen molar-refractivity contribution in [3.63, 3.8) is 0 Å². The van der Waals surface area contributed by atoms with Gasteiger partial charge in [0.2, 0.25) is 0 Å². The number of nitrogens with one attached hydrogen (secondary N) is 3. The molecule has 0 spiro atoms. The van der Waals surface area contributed by atoms with E-state index in [9.17, 15) is 4.79 Å². The summed E-state index contributed by atoms with van der Waals surface area (Å²) in [5, 5.41) is 14.1. The van der Waals surface area contributed by atoms with E-state index in [2.05, 4.69) is 31.0 Å². The Morgan fingerprint density at radius 1 is 1.43 bits per heavy atom. The Morgan fingerprint density at radius 2 is 2.30 bits per heavy atom. The van der Waals surface area contributed by atoms with E-state index in [1.54, 1.807) is 13.2 Å². The second-order valence-electron chi connectivity index (χ2n) is 7.24. The number of nitrogens with zero attached hydrogens (tertiary/aromatic N) is 4. The van der Waals surface area contributed by atoms with Gasteiger partial charge in [0.15, 0.2) is 17.5 Å². The van der Waals surface area contributed by atoms with Crippen LogP contribution in [0, 0.1) is 6.92 Å². The number of ether oxygens (including phenoxy) is 1. The molecule has 164 valence electrons. The van der Waals surface area contributed by atoms with Crippen molar-refractivity contribution < 1.29 is 13.9 Å². The fraction of sp³-hybridized carbons (Fsp3) is 0.600. The fourth-order valence-electron chi connectivity index (χ4n) is 3.34. The number of aryl methyl sites for hydroxylation is 2. The van der Waals surface area contributed by atoms with Crippen LogP contribution in [0.15, 0.2) is 21.7 Å². The third kappa shape index (κ3) is 5.82. The number of rotatable bonds is 9. The molecule has 0 fully saturated rings. The van der Waals surface area contributed by atoms with Gasteiger partial charge in [-0.25, -0.2) is 9.67 Å². The first-order valence-electron chi connectivity index (χ1n) is 10.4. The molecule has 10 nitrogen and oxygen atoms in total. The first-order chi connectivity index (χ1) is 14.6. The second-order valence-corrected chi connectivity index (χ2v) is 7.24. The van der Waals surface area contributed by atoms with Gasteiger partial charge >= 0.3 is 0 Å². The lowest BCUT2D eigenvalue weighted by Gasteiger charge is -2.25. The number of aliphatic imine (C=N–C) groups is 1. The number of hydrogen-bond donors (Lipinski definition) is 3. The molecule has 1 atom stereocenters. The standard InChI is InChI=1S/C20H31N7O3/c1-4-21-20(23-10-5-9-22-19(28)18-14(2)8-11-30-18)24-15-6-7-17-25-16(13-29-3)26-27(17)12-15/h8,11,15H,4-7,9-10,12-13H2,1-3H3,(H,22,28)(H2,21,23,24). The van der Waals surface area contributed by atoms with Crippen molar-refractivity contribution in [2.24, 2.45) is 4.99 Å². The summed E-state index contributed by atoms with van der Waals surface area (Å²) in [6, 6.07) is 2.01. The summed E-state index contributed by atoms with van der Waals surface area (Å²) < 4.78 is 12.3. The minimum absolute atomic E-state index is 0.190. The quantitative estimate of drug-likeness (QED) is 0.317. The van der Waals surface area contributed by atoms with Gasteiger partial charge in [0.05, 0.1) is 12.8 Å². The molecule has 2 aromatic rings. The van der Waals surface area contributed by atoms with Crippen LogP contribution in [0.1, 0.15) is 47.5 Å². The molecule has 30 heavy (non-hydrogen) atoms. The summed E-state index contributed by atoms with van der Waals surface area (Å²) >= 11 is 0. The molecule has 1 amide bonds. The van der Waals surface area contributed by atoms with Gasteiger partial charge in [0.1, 0.15) is 12.4 Å². The maximum absolute atomic E-state index is 12.0. The van der Waals surface area contributed by atoms with E-state index in [4.69, 9.17) is 9.15 Å². The zero-order valence-corrected chi connectivity index (χ0v) is 17.9. The molecule has 2 aromatic heterocycles. The fourth-order valence-corrected chi connectivity index (χ4v) is 3.34. The minimum Gasteiger partial charge on any atom is -0.459 e. The van der Waals surface area contributed by atoms with Crippen LogP contribution in [-0.4, -0.2) is 59.4 Å². The van der Waals surface area contributed by atoms with Gasteiger partial charge in [0, 0.05) is 44.8 Å². The van der Waals surface area contributed by atoms with E-state index in [1.165, 1.54) is 6.26 Å². The van der Waals surface area contributed by atoms with Crippen LogP contribution in [0.25, 0.3) is 0 Å². The van der Waals surface area contributed by atoms with Gasteiger partial charge in [-0.15, -0.1) is 0 Å². The van der Waals surface area contributed by atoms with Gasteiger partial charge < -0.3 is 25.1 Å². The predicted octanol–water partition coefficient (Wildman–Crippen LogP) is 1.02. The van der Waals surface area contributed by atoms with Gasteiger partial charge in [-0.1, -0.05) is 0 Å².